The first-order valence-corrected chi connectivity index (χ1v) is 10.2. The summed E-state index contributed by atoms with van der Waals surface area (Å²) in [6.07, 6.45) is 4.94. The van der Waals surface area contributed by atoms with Crippen molar-refractivity contribution in [2.24, 2.45) is 0 Å². The SMILES string of the molecule is Cc1cc(OC2CN(C(=O)N3CCCN(C4CCC4)CC3)C2)ccc1[N+](=O)[O-]. The molecule has 2 amide bonds. The number of nitro groups is 1. The number of hydrogen-bond donors (Lipinski definition) is 0. The van der Waals surface area contributed by atoms with Crippen LogP contribution in [0.2, 0.25) is 0 Å². The van der Waals surface area contributed by atoms with Gasteiger partial charge in [0, 0.05) is 43.9 Å². The molecule has 3 fully saturated rings. The van der Waals surface area contributed by atoms with Gasteiger partial charge in [0.15, 0.2) is 0 Å². The van der Waals surface area contributed by atoms with Crippen molar-refractivity contribution in [1.29, 1.82) is 0 Å². The van der Waals surface area contributed by atoms with Gasteiger partial charge in [-0.15, -0.1) is 0 Å². The number of ether oxygens (including phenoxy) is 1. The number of urea groups is 1. The predicted molar refractivity (Wildman–Crippen MR) is 105 cm³/mol. The molecule has 0 N–H and O–H groups in total. The van der Waals surface area contributed by atoms with Crippen LogP contribution in [0.1, 0.15) is 31.2 Å². The van der Waals surface area contributed by atoms with Crippen LogP contribution in [0.15, 0.2) is 18.2 Å². The quantitative estimate of drug-likeness (QED) is 0.585. The second-order valence-electron chi connectivity index (χ2n) is 8.09. The molecule has 2 saturated heterocycles. The van der Waals surface area contributed by atoms with Crippen molar-refractivity contribution >= 4 is 11.7 Å². The van der Waals surface area contributed by atoms with Gasteiger partial charge in [-0.25, -0.2) is 4.79 Å². The van der Waals surface area contributed by atoms with Crippen molar-refractivity contribution in [2.75, 3.05) is 39.3 Å². The first kappa shape index (κ1) is 19.0. The largest absolute Gasteiger partial charge is 0.487 e. The first-order valence-electron chi connectivity index (χ1n) is 10.2. The Balaban J connectivity index is 1.25. The van der Waals surface area contributed by atoms with Crippen LogP contribution in [0.4, 0.5) is 10.5 Å². The number of rotatable bonds is 4. The highest BCUT2D eigenvalue weighted by Gasteiger charge is 2.36. The van der Waals surface area contributed by atoms with Crippen molar-refractivity contribution in [3.63, 3.8) is 0 Å². The molecular weight excluding hydrogens is 360 g/mol. The lowest BCUT2D eigenvalue weighted by Crippen LogP contribution is -2.60. The van der Waals surface area contributed by atoms with E-state index < -0.39 is 4.92 Å². The van der Waals surface area contributed by atoms with Gasteiger partial charge in [0.1, 0.15) is 11.9 Å². The number of amides is 2. The van der Waals surface area contributed by atoms with Gasteiger partial charge in [-0.3, -0.25) is 15.0 Å². The fourth-order valence-corrected chi connectivity index (χ4v) is 4.21. The Hall–Kier alpha value is -2.35. The van der Waals surface area contributed by atoms with Crippen molar-refractivity contribution in [3.8, 4) is 5.75 Å². The smallest absolute Gasteiger partial charge is 0.320 e. The number of carbonyl (C=O) groups excluding carboxylic acids is 1. The van der Waals surface area contributed by atoms with Crippen molar-refractivity contribution in [1.82, 2.24) is 14.7 Å². The van der Waals surface area contributed by atoms with Gasteiger partial charge in [-0.05, 0) is 38.3 Å². The minimum absolute atomic E-state index is 0.0525. The predicted octanol–water partition coefficient (Wildman–Crippen LogP) is 2.65. The maximum Gasteiger partial charge on any atom is 0.320 e. The molecule has 0 spiro atoms. The van der Waals surface area contributed by atoms with E-state index in [1.807, 2.05) is 9.80 Å². The third-order valence-corrected chi connectivity index (χ3v) is 6.18. The van der Waals surface area contributed by atoms with E-state index in [0.29, 0.717) is 24.4 Å². The molecule has 1 saturated carbocycles. The Morgan fingerprint density at radius 2 is 1.89 bits per heavy atom. The number of nitro benzene ring substituents is 1. The molecular formula is C20H28N4O4. The molecule has 28 heavy (non-hydrogen) atoms. The third-order valence-electron chi connectivity index (χ3n) is 6.18. The highest BCUT2D eigenvalue weighted by atomic mass is 16.6. The van der Waals surface area contributed by atoms with E-state index >= 15 is 0 Å². The summed E-state index contributed by atoms with van der Waals surface area (Å²) in [5, 5.41) is 10.9. The lowest BCUT2D eigenvalue weighted by molar-refractivity contribution is -0.385. The zero-order valence-corrected chi connectivity index (χ0v) is 16.4. The summed E-state index contributed by atoms with van der Waals surface area (Å²) in [6.45, 7) is 6.54. The van der Waals surface area contributed by atoms with Crippen LogP contribution in [-0.2, 0) is 0 Å². The number of likely N-dealkylation sites (tertiary alicyclic amines) is 1. The first-order chi connectivity index (χ1) is 13.5. The van der Waals surface area contributed by atoms with E-state index in [1.165, 1.54) is 25.3 Å². The molecule has 3 aliphatic rings. The lowest BCUT2D eigenvalue weighted by atomic mass is 9.91. The molecule has 2 aliphatic heterocycles. The molecule has 152 valence electrons. The number of carbonyl (C=O) groups is 1. The maximum absolute atomic E-state index is 12.8. The molecule has 1 aromatic carbocycles. The summed E-state index contributed by atoms with van der Waals surface area (Å²) in [5.74, 6) is 0.617. The molecule has 8 heteroatoms. The average molecular weight is 388 g/mol. The van der Waals surface area contributed by atoms with Gasteiger partial charge in [-0.1, -0.05) is 6.42 Å². The second kappa shape index (κ2) is 7.95. The summed E-state index contributed by atoms with van der Waals surface area (Å²) < 4.78 is 5.89. The number of nitrogens with zero attached hydrogens (tertiary/aromatic N) is 4. The lowest BCUT2D eigenvalue weighted by Gasteiger charge is -2.41. The monoisotopic (exact) mass is 388 g/mol. The minimum Gasteiger partial charge on any atom is -0.487 e. The number of aryl methyl sites for hydroxylation is 1. The Morgan fingerprint density at radius 1 is 1.11 bits per heavy atom. The van der Waals surface area contributed by atoms with Crippen LogP contribution in [-0.4, -0.2) is 77.1 Å². The van der Waals surface area contributed by atoms with Crippen LogP contribution in [0.25, 0.3) is 0 Å². The van der Waals surface area contributed by atoms with E-state index in [1.54, 1.807) is 19.1 Å². The van der Waals surface area contributed by atoms with Crippen molar-refractivity contribution in [2.45, 2.75) is 44.8 Å². The normalized spacial score (nSPS) is 21.6. The van der Waals surface area contributed by atoms with Gasteiger partial charge in [-0.2, -0.15) is 0 Å². The van der Waals surface area contributed by atoms with Crippen LogP contribution in [0, 0.1) is 17.0 Å². The summed E-state index contributed by atoms with van der Waals surface area (Å²) >= 11 is 0. The zero-order valence-electron chi connectivity index (χ0n) is 16.4. The summed E-state index contributed by atoms with van der Waals surface area (Å²) in [6, 6.07) is 5.63. The molecule has 0 bridgehead atoms. The van der Waals surface area contributed by atoms with Crippen molar-refractivity contribution in [3.05, 3.63) is 33.9 Å². The van der Waals surface area contributed by atoms with E-state index in [-0.39, 0.29) is 17.8 Å². The summed E-state index contributed by atoms with van der Waals surface area (Å²) in [7, 11) is 0. The van der Waals surface area contributed by atoms with Crippen LogP contribution < -0.4 is 4.74 Å². The molecule has 1 aliphatic carbocycles. The molecule has 0 radical (unpaired) electrons. The fourth-order valence-electron chi connectivity index (χ4n) is 4.21. The molecule has 1 aromatic rings. The van der Waals surface area contributed by atoms with Gasteiger partial charge < -0.3 is 14.5 Å². The zero-order chi connectivity index (χ0) is 19.7. The Kier molecular flexibility index (Phi) is 5.39. The summed E-state index contributed by atoms with van der Waals surface area (Å²) in [5.41, 5.74) is 0.671. The molecule has 0 atom stereocenters. The topological polar surface area (TPSA) is 79.2 Å². The third kappa shape index (κ3) is 3.92. The van der Waals surface area contributed by atoms with Gasteiger partial charge in [0.05, 0.1) is 18.0 Å². The van der Waals surface area contributed by atoms with E-state index in [9.17, 15) is 14.9 Å². The standard InChI is InChI=1S/C20H28N4O4/c1-15-12-17(6-7-19(15)24(26)27)28-18-13-23(14-18)20(25)22-9-3-8-21(10-11-22)16-4-2-5-16/h6-7,12,16,18H,2-5,8-11,13-14H2,1H3. The highest BCUT2D eigenvalue weighted by molar-refractivity contribution is 5.75. The van der Waals surface area contributed by atoms with Crippen molar-refractivity contribution < 1.29 is 14.5 Å². The maximum atomic E-state index is 12.8. The van der Waals surface area contributed by atoms with E-state index in [2.05, 4.69) is 4.90 Å². The number of benzene rings is 1. The highest BCUT2D eigenvalue weighted by Crippen LogP contribution is 2.27. The van der Waals surface area contributed by atoms with E-state index in [0.717, 1.165) is 38.6 Å². The fraction of sp³-hybridized carbons (Fsp3) is 0.650. The molecule has 2 heterocycles. The summed E-state index contributed by atoms with van der Waals surface area (Å²) in [4.78, 5) is 29.6. The Bertz CT molecular complexity index is 746. The van der Waals surface area contributed by atoms with E-state index in [4.69, 9.17) is 4.74 Å². The van der Waals surface area contributed by atoms with Gasteiger partial charge >= 0.3 is 6.03 Å². The Morgan fingerprint density at radius 3 is 2.54 bits per heavy atom. The minimum atomic E-state index is -0.393. The van der Waals surface area contributed by atoms with Gasteiger partial charge in [0.25, 0.3) is 5.69 Å². The molecule has 4 rings (SSSR count). The molecule has 0 unspecified atom stereocenters. The van der Waals surface area contributed by atoms with Crippen LogP contribution in [0.3, 0.4) is 0 Å². The van der Waals surface area contributed by atoms with Crippen LogP contribution in [0.5, 0.6) is 5.75 Å². The molecule has 8 nitrogen and oxygen atoms in total. The van der Waals surface area contributed by atoms with Gasteiger partial charge in [0.2, 0.25) is 0 Å². The second-order valence-corrected chi connectivity index (χ2v) is 8.09. The average Bonchev–Trinajstić information content (AvgIpc) is 2.81. The number of hydrogen-bond acceptors (Lipinski definition) is 5. The molecule has 0 aromatic heterocycles. The Labute approximate surface area is 165 Å². The van der Waals surface area contributed by atoms with Crippen LogP contribution >= 0.6 is 0 Å².